The van der Waals surface area contributed by atoms with Gasteiger partial charge in [0.25, 0.3) is 0 Å². The molecule has 0 aromatic rings. The predicted molar refractivity (Wildman–Crippen MR) is 315 cm³/mol. The van der Waals surface area contributed by atoms with Gasteiger partial charge in [-0.2, -0.15) is 0 Å². The first-order valence-corrected chi connectivity index (χ1v) is 30.9. The first kappa shape index (κ1) is 70.9. The van der Waals surface area contributed by atoms with E-state index < -0.39 is 67.4 Å². The van der Waals surface area contributed by atoms with Gasteiger partial charge >= 0.3 is 5.97 Å². The van der Waals surface area contributed by atoms with Gasteiger partial charge in [0.2, 0.25) is 5.91 Å². The first-order chi connectivity index (χ1) is 37.2. The van der Waals surface area contributed by atoms with Crippen LogP contribution in [0.25, 0.3) is 0 Å². The summed E-state index contributed by atoms with van der Waals surface area (Å²) in [5, 5.41) is 56.9. The van der Waals surface area contributed by atoms with Crippen LogP contribution < -0.4 is 5.32 Å². The summed E-state index contributed by atoms with van der Waals surface area (Å²) in [4.78, 5) is 26.5. The van der Waals surface area contributed by atoms with Crippen LogP contribution in [0.3, 0.4) is 0 Å². The highest BCUT2D eigenvalue weighted by atomic mass is 16.7. The number of aliphatic hydroxyl groups excluding tert-OH is 5. The molecule has 0 aromatic heterocycles. The number of hydrogen-bond donors (Lipinski definition) is 6. The van der Waals surface area contributed by atoms with Crippen molar-refractivity contribution in [2.75, 3.05) is 13.2 Å². The number of carbonyl (C=O) groups excluding carboxylic acids is 2. The molecule has 11 heteroatoms. The Morgan fingerprint density at radius 1 is 0.513 bits per heavy atom. The van der Waals surface area contributed by atoms with Crippen LogP contribution in [0.1, 0.15) is 252 Å². The number of allylic oxidation sites excluding steroid dienone is 13. The molecular weight excluding hydrogens is 955 g/mol. The summed E-state index contributed by atoms with van der Waals surface area (Å²) in [5.41, 5.74) is 0. The molecule has 0 radical (unpaired) electrons. The number of amides is 1. The van der Waals surface area contributed by atoms with Gasteiger partial charge in [-0.1, -0.05) is 234 Å². The fourth-order valence-corrected chi connectivity index (χ4v) is 9.08. The lowest BCUT2D eigenvalue weighted by atomic mass is 9.99. The average molecular weight is 1070 g/mol. The molecular formula is C65H113NO10. The fraction of sp³-hybridized carbons (Fsp3) is 0.754. The van der Waals surface area contributed by atoms with Crippen LogP contribution >= 0.6 is 0 Å². The summed E-state index contributed by atoms with van der Waals surface area (Å²) >= 11 is 0. The molecule has 1 fully saturated rings. The van der Waals surface area contributed by atoms with Crippen LogP contribution in [0.5, 0.6) is 0 Å². The smallest absolute Gasteiger partial charge is 0.306 e. The van der Waals surface area contributed by atoms with Crippen molar-refractivity contribution in [1.29, 1.82) is 0 Å². The summed E-state index contributed by atoms with van der Waals surface area (Å²) in [7, 11) is 0. The van der Waals surface area contributed by atoms with Gasteiger partial charge in [-0.3, -0.25) is 9.59 Å². The van der Waals surface area contributed by atoms with Gasteiger partial charge in [-0.05, 0) is 96.3 Å². The maximum absolute atomic E-state index is 13.4. The van der Waals surface area contributed by atoms with E-state index in [9.17, 15) is 35.1 Å². The van der Waals surface area contributed by atoms with Crippen LogP contribution in [0, 0.1) is 0 Å². The Morgan fingerprint density at radius 2 is 0.908 bits per heavy atom. The maximum atomic E-state index is 13.4. The molecule has 1 aliphatic rings. The van der Waals surface area contributed by atoms with Gasteiger partial charge in [0.1, 0.15) is 24.4 Å². The van der Waals surface area contributed by atoms with Gasteiger partial charge in [-0.15, -0.1) is 0 Å². The minimum Gasteiger partial charge on any atom is -0.454 e. The van der Waals surface area contributed by atoms with Crippen LogP contribution in [-0.2, 0) is 23.8 Å². The van der Waals surface area contributed by atoms with E-state index in [1.54, 1.807) is 6.08 Å². The Balaban J connectivity index is 2.72. The van der Waals surface area contributed by atoms with Gasteiger partial charge in [-0.25, -0.2) is 0 Å². The second-order valence-electron chi connectivity index (χ2n) is 21.1. The van der Waals surface area contributed by atoms with Crippen LogP contribution in [-0.4, -0.2) is 99.6 Å². The lowest BCUT2D eigenvalue weighted by Gasteiger charge is -2.41. The molecule has 0 aromatic carbocycles. The third-order valence-electron chi connectivity index (χ3n) is 14.0. The highest BCUT2D eigenvalue weighted by Crippen LogP contribution is 2.26. The standard InChI is InChI=1S/C65H113NO10/c1-4-7-10-13-16-19-22-25-27-29-30-31-33-35-38-41-44-47-50-53-60(70)76-63-62(72)61(71)59(54-67)75-65(63)74-55-56(57(68)51-48-45-42-39-36-24-21-18-15-12-9-6-3)66-64(73)58(69)52-49-46-43-40-37-34-32-28-26-23-20-17-14-11-8-5-2/h16-17,19-20,25-28,34,37,43,46,48,51,56-59,61-63,65,67-69,71-72H,4-15,18,21-24,29-33,35-36,38-42,44-45,47,49-50,52-55H2,1-3H3,(H,66,73)/b19-16-,20-17-,27-25-,28-26-,37-34-,46-43-,51-48+. The van der Waals surface area contributed by atoms with Crippen molar-refractivity contribution in [3.05, 3.63) is 85.1 Å². The molecule has 11 nitrogen and oxygen atoms in total. The molecule has 6 N–H and O–H groups in total. The highest BCUT2D eigenvalue weighted by molar-refractivity contribution is 5.80. The lowest BCUT2D eigenvalue weighted by molar-refractivity contribution is -0.305. The van der Waals surface area contributed by atoms with E-state index in [0.29, 0.717) is 12.8 Å². The number of unbranched alkanes of at least 4 members (excludes halogenated alkanes) is 25. The van der Waals surface area contributed by atoms with Crippen LogP contribution in [0.15, 0.2) is 85.1 Å². The molecule has 8 atom stereocenters. The van der Waals surface area contributed by atoms with Crippen molar-refractivity contribution < 1.29 is 49.3 Å². The summed E-state index contributed by atoms with van der Waals surface area (Å²) < 4.78 is 17.6. The van der Waals surface area contributed by atoms with Crippen molar-refractivity contribution in [1.82, 2.24) is 5.32 Å². The van der Waals surface area contributed by atoms with Crippen molar-refractivity contribution in [2.24, 2.45) is 0 Å². The van der Waals surface area contributed by atoms with Crippen molar-refractivity contribution in [3.8, 4) is 0 Å². The summed E-state index contributed by atoms with van der Waals surface area (Å²) in [5.74, 6) is -1.26. The van der Waals surface area contributed by atoms with E-state index in [4.69, 9.17) is 14.2 Å². The van der Waals surface area contributed by atoms with E-state index in [0.717, 1.165) is 89.9 Å². The second kappa shape index (κ2) is 52.5. The Kier molecular flexibility index (Phi) is 49.0. The normalized spacial score (nSPS) is 19.7. The molecule has 1 aliphatic heterocycles. The van der Waals surface area contributed by atoms with Gasteiger partial charge in [0.05, 0.1) is 25.4 Å². The largest absolute Gasteiger partial charge is 0.454 e. The molecule has 438 valence electrons. The molecule has 76 heavy (non-hydrogen) atoms. The second-order valence-corrected chi connectivity index (χ2v) is 21.1. The molecule has 1 rings (SSSR count). The molecule has 0 bridgehead atoms. The lowest BCUT2D eigenvalue weighted by Crippen LogP contribution is -2.61. The number of carbonyl (C=O) groups is 2. The third-order valence-corrected chi connectivity index (χ3v) is 14.0. The van der Waals surface area contributed by atoms with Crippen molar-refractivity contribution in [2.45, 2.75) is 301 Å². The minimum absolute atomic E-state index is 0.109. The Hall–Kier alpha value is -3.16. The summed E-state index contributed by atoms with van der Waals surface area (Å²) in [6, 6.07) is -1.06. The first-order valence-electron chi connectivity index (χ1n) is 30.9. The zero-order valence-corrected chi connectivity index (χ0v) is 48.3. The average Bonchev–Trinajstić information content (AvgIpc) is 3.42. The third kappa shape index (κ3) is 40.1. The Labute approximate surface area is 463 Å². The molecule has 0 spiro atoms. The SMILES string of the molecule is CCCCC/C=C\C/C=C\C/C=C\C/C=C\CCC(O)C(=O)NC(COC1OC(CO)C(O)C(O)C1OC(=O)CCCCCCCCCCC/C=C\C/C=C\CCCCC)C(O)/C=C/CCCCCCCCCCCC. The van der Waals surface area contributed by atoms with E-state index >= 15 is 0 Å². The van der Waals surface area contributed by atoms with E-state index in [1.807, 2.05) is 18.2 Å². The highest BCUT2D eigenvalue weighted by Gasteiger charge is 2.47. The summed E-state index contributed by atoms with van der Waals surface area (Å²) in [6.45, 7) is 5.69. The Morgan fingerprint density at radius 3 is 1.38 bits per heavy atom. The Bertz CT molecular complexity index is 1560. The van der Waals surface area contributed by atoms with E-state index in [2.05, 4.69) is 86.8 Å². The predicted octanol–water partition coefficient (Wildman–Crippen LogP) is 14.6. The topological polar surface area (TPSA) is 175 Å². The monoisotopic (exact) mass is 1070 g/mol. The van der Waals surface area contributed by atoms with Crippen LogP contribution in [0.2, 0.25) is 0 Å². The maximum Gasteiger partial charge on any atom is 0.306 e. The number of aliphatic hydroxyl groups is 5. The van der Waals surface area contributed by atoms with E-state index in [-0.39, 0.29) is 19.4 Å². The van der Waals surface area contributed by atoms with Crippen LogP contribution in [0.4, 0.5) is 0 Å². The molecule has 8 unspecified atom stereocenters. The van der Waals surface area contributed by atoms with Crippen molar-refractivity contribution >= 4 is 11.9 Å². The quantitative estimate of drug-likeness (QED) is 0.0195. The van der Waals surface area contributed by atoms with E-state index in [1.165, 1.54) is 116 Å². The minimum atomic E-state index is -1.63. The fourth-order valence-electron chi connectivity index (χ4n) is 9.08. The molecule has 1 heterocycles. The number of esters is 1. The van der Waals surface area contributed by atoms with Gasteiger partial charge in [0.15, 0.2) is 12.4 Å². The van der Waals surface area contributed by atoms with Gasteiger partial charge in [0, 0.05) is 6.42 Å². The number of nitrogens with one attached hydrogen (secondary N) is 1. The zero-order valence-electron chi connectivity index (χ0n) is 48.3. The molecule has 0 saturated carbocycles. The number of hydrogen-bond acceptors (Lipinski definition) is 10. The molecule has 1 amide bonds. The molecule has 0 aliphatic carbocycles. The summed E-state index contributed by atoms with van der Waals surface area (Å²) in [6.07, 6.45) is 57.7. The van der Waals surface area contributed by atoms with Crippen molar-refractivity contribution in [3.63, 3.8) is 0 Å². The van der Waals surface area contributed by atoms with Gasteiger partial charge < -0.3 is 45.1 Å². The zero-order chi connectivity index (χ0) is 55.4. The number of rotatable bonds is 51. The molecule has 1 saturated heterocycles. The number of ether oxygens (including phenoxy) is 3.